The van der Waals surface area contributed by atoms with Crippen molar-refractivity contribution >= 4 is 34.9 Å². The highest BCUT2D eigenvalue weighted by Gasteiger charge is 2.15. The first-order valence-corrected chi connectivity index (χ1v) is 7.98. The number of carboxylic acid groups (broad SMARTS) is 1. The molecule has 0 fully saturated rings. The minimum absolute atomic E-state index is 0.0433. The highest BCUT2D eigenvalue weighted by Crippen LogP contribution is 2.24. The van der Waals surface area contributed by atoms with Crippen LogP contribution in [0.25, 0.3) is 0 Å². The van der Waals surface area contributed by atoms with Crippen LogP contribution in [0.4, 0.5) is 5.69 Å². The fourth-order valence-electron chi connectivity index (χ4n) is 2.32. The van der Waals surface area contributed by atoms with Gasteiger partial charge in [-0.15, -0.1) is 23.2 Å². The molecule has 0 aromatic heterocycles. The van der Waals surface area contributed by atoms with Crippen LogP contribution < -0.4 is 10.6 Å². The fourth-order valence-corrected chi connectivity index (χ4v) is 2.73. The Balaban J connectivity index is 2.99. The van der Waals surface area contributed by atoms with Crippen molar-refractivity contribution in [3.63, 3.8) is 0 Å². The maximum Gasteiger partial charge on any atom is 0.304 e. The summed E-state index contributed by atoms with van der Waals surface area (Å²) in [5.41, 5.74) is 9.11. The number of anilines is 1. The van der Waals surface area contributed by atoms with Crippen molar-refractivity contribution in [3.8, 4) is 0 Å². The zero-order chi connectivity index (χ0) is 15.8. The second-order valence-corrected chi connectivity index (χ2v) is 5.82. The summed E-state index contributed by atoms with van der Waals surface area (Å²) in [6.07, 6.45) is 0.475. The number of aliphatic carboxylic acids is 1. The number of carbonyl (C=O) groups is 1. The highest BCUT2D eigenvalue weighted by molar-refractivity contribution is 6.18. The number of hydrogen-bond donors (Lipinski definition) is 2. The average Bonchev–Trinajstić information content (AvgIpc) is 2.37. The van der Waals surface area contributed by atoms with Crippen LogP contribution in [0.2, 0.25) is 0 Å². The summed E-state index contributed by atoms with van der Waals surface area (Å²) >= 11 is 11.7. The molecular weight excluding hydrogens is 311 g/mol. The van der Waals surface area contributed by atoms with E-state index < -0.39 is 12.0 Å². The number of nitrogens with zero attached hydrogens (tertiary/aromatic N) is 1. The van der Waals surface area contributed by atoms with Crippen LogP contribution in [-0.2, 0) is 11.2 Å². The summed E-state index contributed by atoms with van der Waals surface area (Å²) in [6, 6.07) is 5.69. The Morgan fingerprint density at radius 2 is 1.95 bits per heavy atom. The van der Waals surface area contributed by atoms with Crippen LogP contribution in [0.15, 0.2) is 18.2 Å². The number of halogens is 2. The smallest absolute Gasteiger partial charge is 0.304 e. The van der Waals surface area contributed by atoms with Crippen LogP contribution in [0.1, 0.15) is 17.5 Å². The summed E-state index contributed by atoms with van der Waals surface area (Å²) in [5.74, 6) is 0.131. The molecule has 0 radical (unpaired) electrons. The van der Waals surface area contributed by atoms with Gasteiger partial charge < -0.3 is 15.7 Å². The normalized spacial score (nSPS) is 12.2. The molecule has 0 heterocycles. The number of aryl methyl sites for hydroxylation is 1. The molecule has 1 aromatic carbocycles. The number of rotatable bonds is 9. The molecule has 0 aliphatic rings. The van der Waals surface area contributed by atoms with Gasteiger partial charge in [-0.3, -0.25) is 4.79 Å². The van der Waals surface area contributed by atoms with E-state index in [1.54, 1.807) is 0 Å². The molecule has 0 amide bonds. The van der Waals surface area contributed by atoms with E-state index in [0.717, 1.165) is 16.8 Å². The molecule has 1 atom stereocenters. The van der Waals surface area contributed by atoms with Gasteiger partial charge in [-0.25, -0.2) is 0 Å². The fraction of sp³-hybridized carbons (Fsp3) is 0.533. The van der Waals surface area contributed by atoms with Crippen molar-refractivity contribution in [2.75, 3.05) is 29.7 Å². The van der Waals surface area contributed by atoms with Crippen molar-refractivity contribution in [1.82, 2.24) is 0 Å². The Labute approximate surface area is 135 Å². The second-order valence-electron chi connectivity index (χ2n) is 5.06. The number of carboxylic acids is 1. The van der Waals surface area contributed by atoms with Gasteiger partial charge in [-0.2, -0.15) is 0 Å². The quantitative estimate of drug-likeness (QED) is 0.682. The van der Waals surface area contributed by atoms with Gasteiger partial charge in [0, 0.05) is 36.6 Å². The molecule has 0 unspecified atom stereocenters. The molecule has 0 saturated heterocycles. The van der Waals surface area contributed by atoms with Crippen molar-refractivity contribution in [2.45, 2.75) is 25.8 Å². The van der Waals surface area contributed by atoms with E-state index in [-0.39, 0.29) is 6.42 Å². The SMILES string of the molecule is Cc1ccc(N(CCCl)CCCl)c(C[C@H](N)CC(=O)O)c1. The molecule has 6 heteroatoms. The Morgan fingerprint density at radius 1 is 1.33 bits per heavy atom. The molecular formula is C15H22Cl2N2O2. The lowest BCUT2D eigenvalue weighted by molar-refractivity contribution is -0.137. The highest BCUT2D eigenvalue weighted by atomic mass is 35.5. The zero-order valence-electron chi connectivity index (χ0n) is 12.2. The predicted octanol–water partition coefficient (Wildman–Crippen LogP) is 2.62. The van der Waals surface area contributed by atoms with E-state index in [0.29, 0.717) is 31.3 Å². The minimum Gasteiger partial charge on any atom is -0.481 e. The first kappa shape index (κ1) is 18.1. The molecule has 3 N–H and O–H groups in total. The van der Waals surface area contributed by atoms with Gasteiger partial charge in [-0.05, 0) is 25.0 Å². The molecule has 1 rings (SSSR count). The third-order valence-electron chi connectivity index (χ3n) is 3.20. The maximum absolute atomic E-state index is 10.8. The Morgan fingerprint density at radius 3 is 2.48 bits per heavy atom. The molecule has 0 aliphatic carbocycles. The molecule has 0 aliphatic heterocycles. The second kappa shape index (κ2) is 9.13. The Bertz CT molecular complexity index is 463. The molecule has 21 heavy (non-hydrogen) atoms. The van der Waals surface area contributed by atoms with Gasteiger partial charge in [0.2, 0.25) is 0 Å². The zero-order valence-corrected chi connectivity index (χ0v) is 13.7. The van der Waals surface area contributed by atoms with Crippen molar-refractivity contribution in [3.05, 3.63) is 29.3 Å². The third-order valence-corrected chi connectivity index (χ3v) is 3.54. The topological polar surface area (TPSA) is 66.6 Å². The first-order chi connectivity index (χ1) is 9.97. The van der Waals surface area contributed by atoms with Gasteiger partial charge >= 0.3 is 5.97 Å². The molecule has 4 nitrogen and oxygen atoms in total. The third kappa shape index (κ3) is 6.12. The molecule has 0 spiro atoms. The van der Waals surface area contributed by atoms with Gasteiger partial charge in [0.1, 0.15) is 0 Å². The van der Waals surface area contributed by atoms with E-state index in [2.05, 4.69) is 4.90 Å². The van der Waals surface area contributed by atoms with Crippen LogP contribution in [-0.4, -0.2) is 42.0 Å². The van der Waals surface area contributed by atoms with E-state index in [1.807, 2.05) is 25.1 Å². The van der Waals surface area contributed by atoms with Crippen molar-refractivity contribution < 1.29 is 9.90 Å². The number of alkyl halides is 2. The van der Waals surface area contributed by atoms with Crippen LogP contribution in [0.5, 0.6) is 0 Å². The predicted molar refractivity (Wildman–Crippen MR) is 88.8 cm³/mol. The summed E-state index contributed by atoms with van der Waals surface area (Å²) in [6.45, 7) is 3.39. The summed E-state index contributed by atoms with van der Waals surface area (Å²) in [5, 5.41) is 8.84. The Kier molecular flexibility index (Phi) is 7.86. The lowest BCUT2D eigenvalue weighted by Crippen LogP contribution is -2.31. The van der Waals surface area contributed by atoms with E-state index in [9.17, 15) is 4.79 Å². The molecule has 0 bridgehead atoms. The van der Waals surface area contributed by atoms with E-state index in [4.69, 9.17) is 34.0 Å². The molecule has 118 valence electrons. The lowest BCUT2D eigenvalue weighted by atomic mass is 9.99. The number of nitrogens with two attached hydrogens (primary N) is 1. The van der Waals surface area contributed by atoms with Crippen LogP contribution >= 0.6 is 23.2 Å². The lowest BCUT2D eigenvalue weighted by Gasteiger charge is -2.27. The monoisotopic (exact) mass is 332 g/mol. The molecule has 1 aromatic rings. The first-order valence-electron chi connectivity index (χ1n) is 6.91. The summed E-state index contributed by atoms with van der Waals surface area (Å²) in [7, 11) is 0. The maximum atomic E-state index is 10.8. The largest absolute Gasteiger partial charge is 0.481 e. The van der Waals surface area contributed by atoms with Gasteiger partial charge in [-0.1, -0.05) is 17.7 Å². The number of benzene rings is 1. The van der Waals surface area contributed by atoms with Gasteiger partial charge in [0.05, 0.1) is 6.42 Å². The summed E-state index contributed by atoms with van der Waals surface area (Å²) < 4.78 is 0. The van der Waals surface area contributed by atoms with Gasteiger partial charge in [0.25, 0.3) is 0 Å². The van der Waals surface area contributed by atoms with Crippen LogP contribution in [0.3, 0.4) is 0 Å². The summed E-state index contributed by atoms with van der Waals surface area (Å²) in [4.78, 5) is 12.9. The minimum atomic E-state index is -0.880. The molecule has 0 saturated carbocycles. The number of hydrogen-bond acceptors (Lipinski definition) is 3. The van der Waals surface area contributed by atoms with E-state index >= 15 is 0 Å². The standard InChI is InChI=1S/C15H22Cl2N2O2/c1-11-2-3-14(19(6-4-16)7-5-17)12(8-11)9-13(18)10-15(20)21/h2-3,8,13H,4-7,9-10,18H2,1H3,(H,20,21)/t13-/m0/s1. The van der Waals surface area contributed by atoms with E-state index in [1.165, 1.54) is 0 Å². The Hall–Kier alpha value is -0.970. The average molecular weight is 333 g/mol. The van der Waals surface area contributed by atoms with Crippen LogP contribution in [0, 0.1) is 6.92 Å². The van der Waals surface area contributed by atoms with Crippen molar-refractivity contribution in [2.24, 2.45) is 5.73 Å². The van der Waals surface area contributed by atoms with Crippen molar-refractivity contribution in [1.29, 1.82) is 0 Å². The van der Waals surface area contributed by atoms with Gasteiger partial charge in [0.15, 0.2) is 0 Å².